The lowest BCUT2D eigenvalue weighted by molar-refractivity contribution is -0.141. The minimum Gasteiger partial charge on any atom is -0.497 e. The van der Waals surface area contributed by atoms with E-state index in [0.717, 1.165) is 0 Å². The number of carbonyl (C=O) groups is 9. The van der Waals surface area contributed by atoms with Crippen molar-refractivity contribution in [2.24, 2.45) is 38.7 Å². The number of ketones is 1. The van der Waals surface area contributed by atoms with Gasteiger partial charge in [0.1, 0.15) is 29.9 Å². The second-order valence-corrected chi connectivity index (χ2v) is 12.6. The maximum atomic E-state index is 13.9. The SMILES string of the molecule is COc1ccc(C[C@H]2NC(=O)C(CC(=O)O)NC(=O)CNC(=O)[C@H](CCCN=C(N)N)NC(=O)CC[C@@H](C(N)=O)NC(=O)[C@H](C(=O)CCN=C(N)N)NC2=O)cc1. The number of amides is 7. The van der Waals surface area contributed by atoms with Gasteiger partial charge in [0.05, 0.1) is 20.1 Å². The first-order chi connectivity index (χ1) is 26.9. The highest BCUT2D eigenvalue weighted by Gasteiger charge is 2.35. The van der Waals surface area contributed by atoms with Crippen molar-refractivity contribution in [1.29, 1.82) is 0 Å². The Hall–Kier alpha value is -7.01. The molecule has 24 heteroatoms. The molecule has 1 unspecified atom stereocenters. The Kier molecular flexibility index (Phi) is 18.6. The molecule has 24 nitrogen and oxygen atoms in total. The van der Waals surface area contributed by atoms with E-state index in [1.54, 1.807) is 24.3 Å². The molecule has 0 saturated carbocycles. The molecule has 1 aliphatic rings. The molecular weight excluding hydrogens is 754 g/mol. The van der Waals surface area contributed by atoms with E-state index in [1.165, 1.54) is 7.11 Å². The Morgan fingerprint density at radius 2 is 1.37 bits per heavy atom. The van der Waals surface area contributed by atoms with Crippen LogP contribution in [0.2, 0.25) is 0 Å². The largest absolute Gasteiger partial charge is 0.497 e. The summed E-state index contributed by atoms with van der Waals surface area (Å²) in [6.45, 7) is -1.03. The second kappa shape index (κ2) is 23.0. The Morgan fingerprint density at radius 1 is 0.754 bits per heavy atom. The molecule has 7 amide bonds. The molecule has 0 radical (unpaired) electrons. The van der Waals surface area contributed by atoms with Gasteiger partial charge in [-0.05, 0) is 37.0 Å². The van der Waals surface area contributed by atoms with Crippen LogP contribution in [-0.4, -0.2) is 127 Å². The zero-order chi connectivity index (χ0) is 42.7. The highest BCUT2D eigenvalue weighted by molar-refractivity contribution is 6.09. The van der Waals surface area contributed by atoms with Gasteiger partial charge in [0.2, 0.25) is 35.4 Å². The van der Waals surface area contributed by atoms with Crippen molar-refractivity contribution in [2.75, 3.05) is 26.7 Å². The summed E-state index contributed by atoms with van der Waals surface area (Å²) in [5, 5.41) is 23.4. The van der Waals surface area contributed by atoms with E-state index in [0.29, 0.717) is 11.3 Å². The van der Waals surface area contributed by atoms with Crippen LogP contribution in [0.25, 0.3) is 0 Å². The summed E-state index contributed by atoms with van der Waals surface area (Å²) in [4.78, 5) is 125. The van der Waals surface area contributed by atoms with Gasteiger partial charge in [-0.3, -0.25) is 53.1 Å². The number of carboxylic acids is 1. The molecule has 1 aromatic rings. The Balaban J connectivity index is 2.61. The van der Waals surface area contributed by atoms with E-state index in [9.17, 15) is 48.3 Å². The van der Waals surface area contributed by atoms with Crippen LogP contribution in [0.15, 0.2) is 34.3 Å². The molecular formula is C33H49N13O11. The van der Waals surface area contributed by atoms with Gasteiger partial charge < -0.3 is 70.4 Å². The molecule has 0 aliphatic carbocycles. The van der Waals surface area contributed by atoms with E-state index in [4.69, 9.17) is 33.4 Å². The van der Waals surface area contributed by atoms with Crippen molar-refractivity contribution in [1.82, 2.24) is 31.9 Å². The van der Waals surface area contributed by atoms with Gasteiger partial charge in [-0.1, -0.05) is 12.1 Å². The maximum absolute atomic E-state index is 13.9. The summed E-state index contributed by atoms with van der Waals surface area (Å²) in [6, 6.07) is -2.17. The van der Waals surface area contributed by atoms with E-state index in [1.807, 2.05) is 0 Å². The predicted molar refractivity (Wildman–Crippen MR) is 200 cm³/mol. The first-order valence-electron chi connectivity index (χ1n) is 17.4. The summed E-state index contributed by atoms with van der Waals surface area (Å²) in [7, 11) is 1.42. The number of hydrogen-bond acceptors (Lipinski definition) is 12. The molecule has 0 spiro atoms. The number of Topliss-reactive ketones (excluding diaryl/α,β-unsaturated/α-hetero) is 1. The third-order valence-electron chi connectivity index (χ3n) is 8.13. The fourth-order valence-electron chi connectivity index (χ4n) is 5.23. The van der Waals surface area contributed by atoms with Crippen molar-refractivity contribution in [3.8, 4) is 5.75 Å². The van der Waals surface area contributed by atoms with Gasteiger partial charge >= 0.3 is 5.97 Å². The number of guanidine groups is 2. The zero-order valence-corrected chi connectivity index (χ0v) is 31.1. The Morgan fingerprint density at radius 3 is 1.96 bits per heavy atom. The van der Waals surface area contributed by atoms with Gasteiger partial charge in [0, 0.05) is 32.4 Å². The van der Waals surface area contributed by atoms with Gasteiger partial charge in [-0.2, -0.15) is 0 Å². The van der Waals surface area contributed by atoms with Crippen LogP contribution in [0, 0.1) is 0 Å². The van der Waals surface area contributed by atoms with Crippen molar-refractivity contribution in [3.05, 3.63) is 29.8 Å². The van der Waals surface area contributed by atoms with Crippen LogP contribution >= 0.6 is 0 Å². The van der Waals surface area contributed by atoms with Gasteiger partial charge in [-0.25, -0.2) is 0 Å². The monoisotopic (exact) mass is 803 g/mol. The number of aliphatic imine (C=N–C) groups is 2. The van der Waals surface area contributed by atoms with E-state index in [2.05, 4.69) is 41.9 Å². The van der Waals surface area contributed by atoms with Crippen LogP contribution in [-0.2, 0) is 49.6 Å². The lowest BCUT2D eigenvalue weighted by atomic mass is 10.0. The average Bonchev–Trinajstić information content (AvgIpc) is 3.14. The minimum absolute atomic E-state index is 0.0467. The quantitative estimate of drug-likeness (QED) is 0.0360. The predicted octanol–water partition coefficient (Wildman–Crippen LogP) is -6.18. The van der Waals surface area contributed by atoms with Gasteiger partial charge in [0.25, 0.3) is 5.91 Å². The second-order valence-electron chi connectivity index (χ2n) is 12.6. The number of nitrogens with one attached hydrogen (secondary N) is 6. The lowest BCUT2D eigenvalue weighted by Gasteiger charge is -2.26. The summed E-state index contributed by atoms with van der Waals surface area (Å²) < 4.78 is 5.15. The highest BCUT2D eigenvalue weighted by Crippen LogP contribution is 2.14. The zero-order valence-electron chi connectivity index (χ0n) is 31.1. The molecule has 0 aromatic heterocycles. The molecule has 1 aliphatic heterocycles. The Bertz CT molecular complexity index is 1710. The molecule has 0 bridgehead atoms. The molecule has 17 N–H and O–H groups in total. The summed E-state index contributed by atoms with van der Waals surface area (Å²) >= 11 is 0. The molecule has 2 rings (SSSR count). The third-order valence-corrected chi connectivity index (χ3v) is 8.13. The summed E-state index contributed by atoms with van der Waals surface area (Å²) in [5.74, 6) is -9.97. The molecule has 1 aromatic carbocycles. The number of carbonyl (C=O) groups excluding carboxylic acids is 8. The van der Waals surface area contributed by atoms with Crippen molar-refractivity contribution < 1.29 is 53.0 Å². The van der Waals surface area contributed by atoms with E-state index >= 15 is 0 Å². The number of benzene rings is 1. The molecule has 5 atom stereocenters. The van der Waals surface area contributed by atoms with E-state index < -0.39 is 116 Å². The average molecular weight is 804 g/mol. The summed E-state index contributed by atoms with van der Waals surface area (Å²) in [6.07, 6.45) is -2.58. The maximum Gasteiger partial charge on any atom is 0.305 e. The van der Waals surface area contributed by atoms with E-state index in [-0.39, 0.29) is 44.3 Å². The number of ether oxygens (including phenoxy) is 1. The first-order valence-corrected chi connectivity index (χ1v) is 17.4. The number of primary amides is 1. The lowest BCUT2D eigenvalue weighted by Crippen LogP contribution is -2.61. The standard InChI is InChI=1S/C33H49N13O11/c1-57-17-6-4-16(5-7-17)13-20-30(55)46-26(22(47)10-12-40-33(37)38)31(56)44-18(27(34)52)8-9-23(48)42-19(3-2-11-39-32(35)36)28(53)41-15-24(49)43-21(14-25(50)51)29(54)45-20/h4-7,18-21,26H,2-3,8-15H2,1H3,(H2,34,52)(H,41,53)(H,42,48)(H,43,49)(H,44,56)(H,45,54)(H,46,55)(H,50,51)(H4,35,36,39)(H4,37,38,40)/t18-,19-,20+,21?,26-/m0/s1. The first kappa shape index (κ1) is 46.1. The highest BCUT2D eigenvalue weighted by atomic mass is 16.5. The Labute approximate surface area is 325 Å². The number of aliphatic carboxylic acids is 1. The number of hydrogen-bond donors (Lipinski definition) is 12. The van der Waals surface area contributed by atoms with Crippen LogP contribution in [0.1, 0.15) is 44.1 Å². The smallest absolute Gasteiger partial charge is 0.305 e. The number of methoxy groups -OCH3 is 1. The number of nitrogens with two attached hydrogens (primary N) is 5. The normalized spacial score (nSPS) is 21.5. The molecule has 312 valence electrons. The molecule has 1 fully saturated rings. The van der Waals surface area contributed by atoms with Crippen molar-refractivity contribution in [3.63, 3.8) is 0 Å². The number of nitrogens with zero attached hydrogens (tertiary/aromatic N) is 2. The van der Waals surface area contributed by atoms with Crippen molar-refractivity contribution in [2.45, 2.75) is 75.2 Å². The van der Waals surface area contributed by atoms with Crippen LogP contribution < -0.4 is 65.3 Å². The van der Waals surface area contributed by atoms with Crippen molar-refractivity contribution >= 4 is 65.0 Å². The molecule has 1 saturated heterocycles. The number of carboxylic acid groups (broad SMARTS) is 1. The van der Waals surface area contributed by atoms with Gasteiger partial charge in [0.15, 0.2) is 23.7 Å². The fourth-order valence-corrected chi connectivity index (χ4v) is 5.23. The molecule has 57 heavy (non-hydrogen) atoms. The van der Waals surface area contributed by atoms with Crippen LogP contribution in [0.4, 0.5) is 0 Å². The van der Waals surface area contributed by atoms with Crippen LogP contribution in [0.5, 0.6) is 5.75 Å². The van der Waals surface area contributed by atoms with Gasteiger partial charge in [-0.15, -0.1) is 0 Å². The molecule has 1 heterocycles. The number of rotatable bonds is 14. The third kappa shape index (κ3) is 16.9. The fraction of sp³-hybridized carbons (Fsp3) is 0.485. The minimum atomic E-state index is -2.05. The topological polar surface area (TPSA) is 410 Å². The van der Waals surface area contributed by atoms with Crippen LogP contribution in [0.3, 0.4) is 0 Å². The summed E-state index contributed by atoms with van der Waals surface area (Å²) in [5.41, 5.74) is 27.3.